The van der Waals surface area contributed by atoms with Crippen molar-refractivity contribution in [1.29, 1.82) is 0 Å². The van der Waals surface area contributed by atoms with E-state index in [-0.39, 0.29) is 0 Å². The monoisotopic (exact) mass is 265 g/mol. The molecule has 3 fully saturated rings. The number of rotatable bonds is 3. The molecule has 0 aromatic heterocycles. The molecular weight excluding hydrogens is 234 g/mol. The Kier molecular flexibility index (Phi) is 4.16. The van der Waals surface area contributed by atoms with Crippen molar-refractivity contribution in [2.75, 3.05) is 32.7 Å². The zero-order chi connectivity index (χ0) is 13.3. The molecule has 1 saturated carbocycles. The van der Waals surface area contributed by atoms with Crippen molar-refractivity contribution >= 4 is 0 Å². The van der Waals surface area contributed by atoms with Crippen molar-refractivity contribution in [3.05, 3.63) is 0 Å². The summed E-state index contributed by atoms with van der Waals surface area (Å²) >= 11 is 0. The summed E-state index contributed by atoms with van der Waals surface area (Å²) in [5.74, 6) is 0. The van der Waals surface area contributed by atoms with Crippen molar-refractivity contribution in [3.63, 3.8) is 0 Å². The summed E-state index contributed by atoms with van der Waals surface area (Å²) < 4.78 is 0. The van der Waals surface area contributed by atoms with Crippen molar-refractivity contribution < 1.29 is 0 Å². The number of piperidine rings is 1. The van der Waals surface area contributed by atoms with Crippen LogP contribution in [0.2, 0.25) is 0 Å². The summed E-state index contributed by atoms with van der Waals surface area (Å²) in [5, 5.41) is 0. The lowest BCUT2D eigenvalue weighted by Crippen LogP contribution is -2.60. The number of fused-ring (bicyclic) bond motifs is 1. The molecule has 19 heavy (non-hydrogen) atoms. The van der Waals surface area contributed by atoms with Crippen LogP contribution in [0.1, 0.15) is 51.9 Å². The fraction of sp³-hybridized carbons (Fsp3) is 1.00. The molecule has 2 aliphatic heterocycles. The molecule has 2 saturated heterocycles. The summed E-state index contributed by atoms with van der Waals surface area (Å²) in [6.07, 6.45) is 9.78. The SMILES string of the molecule is CC1CN2CCCCC2CN1CC1(CN)CCCC1. The molecule has 3 rings (SSSR count). The maximum Gasteiger partial charge on any atom is 0.0223 e. The zero-order valence-electron chi connectivity index (χ0n) is 12.6. The summed E-state index contributed by atoms with van der Waals surface area (Å²) in [5.41, 5.74) is 6.58. The van der Waals surface area contributed by atoms with Gasteiger partial charge >= 0.3 is 0 Å². The molecule has 3 heteroatoms. The topological polar surface area (TPSA) is 32.5 Å². The van der Waals surface area contributed by atoms with Gasteiger partial charge in [-0.2, -0.15) is 0 Å². The highest BCUT2D eigenvalue weighted by atomic mass is 15.3. The Balaban J connectivity index is 1.63. The lowest BCUT2D eigenvalue weighted by molar-refractivity contribution is -0.00511. The van der Waals surface area contributed by atoms with E-state index in [4.69, 9.17) is 5.73 Å². The van der Waals surface area contributed by atoms with Crippen LogP contribution in [0, 0.1) is 5.41 Å². The average molecular weight is 265 g/mol. The minimum absolute atomic E-state index is 0.450. The molecule has 2 N–H and O–H groups in total. The normalized spacial score (nSPS) is 36.3. The van der Waals surface area contributed by atoms with E-state index in [1.165, 1.54) is 71.1 Å². The zero-order valence-corrected chi connectivity index (χ0v) is 12.6. The first-order valence-corrected chi connectivity index (χ1v) is 8.41. The highest BCUT2D eigenvalue weighted by Gasteiger charge is 2.39. The van der Waals surface area contributed by atoms with Crippen molar-refractivity contribution in [2.24, 2.45) is 11.1 Å². The predicted molar refractivity (Wildman–Crippen MR) is 80.2 cm³/mol. The Bertz CT molecular complexity index is 298. The molecule has 0 bridgehead atoms. The Morgan fingerprint density at radius 3 is 2.63 bits per heavy atom. The van der Waals surface area contributed by atoms with Crippen LogP contribution < -0.4 is 5.73 Å². The van der Waals surface area contributed by atoms with E-state index < -0.39 is 0 Å². The third-order valence-electron chi connectivity index (χ3n) is 5.95. The molecule has 3 aliphatic rings. The van der Waals surface area contributed by atoms with Crippen molar-refractivity contribution in [2.45, 2.75) is 64.0 Å². The van der Waals surface area contributed by atoms with Gasteiger partial charge in [-0.1, -0.05) is 19.3 Å². The van der Waals surface area contributed by atoms with Crippen LogP contribution in [-0.4, -0.2) is 54.6 Å². The number of nitrogens with two attached hydrogens (primary N) is 1. The quantitative estimate of drug-likeness (QED) is 0.848. The summed E-state index contributed by atoms with van der Waals surface area (Å²) in [4.78, 5) is 5.51. The summed E-state index contributed by atoms with van der Waals surface area (Å²) in [6, 6.07) is 1.56. The third-order valence-corrected chi connectivity index (χ3v) is 5.95. The van der Waals surface area contributed by atoms with Crippen molar-refractivity contribution in [1.82, 2.24) is 9.80 Å². The lowest BCUT2D eigenvalue weighted by Gasteiger charge is -2.49. The second kappa shape index (κ2) is 5.71. The number of piperazine rings is 1. The van der Waals surface area contributed by atoms with Gasteiger partial charge in [-0.25, -0.2) is 0 Å². The first-order chi connectivity index (χ1) is 9.22. The van der Waals surface area contributed by atoms with E-state index >= 15 is 0 Å². The molecule has 2 heterocycles. The van der Waals surface area contributed by atoms with Crippen LogP contribution in [0.3, 0.4) is 0 Å². The van der Waals surface area contributed by atoms with Crippen LogP contribution in [0.15, 0.2) is 0 Å². The summed E-state index contributed by atoms with van der Waals surface area (Å²) in [7, 11) is 0. The largest absolute Gasteiger partial charge is 0.330 e. The fourth-order valence-corrected chi connectivity index (χ4v) is 4.62. The molecule has 0 aromatic carbocycles. The fourth-order valence-electron chi connectivity index (χ4n) is 4.62. The van der Waals surface area contributed by atoms with Crippen LogP contribution in [0.5, 0.6) is 0 Å². The van der Waals surface area contributed by atoms with Crippen LogP contribution in [0.4, 0.5) is 0 Å². The van der Waals surface area contributed by atoms with E-state index in [0.29, 0.717) is 5.41 Å². The maximum atomic E-state index is 6.13. The van der Waals surface area contributed by atoms with Gasteiger partial charge in [0.25, 0.3) is 0 Å². The van der Waals surface area contributed by atoms with E-state index in [2.05, 4.69) is 16.7 Å². The van der Waals surface area contributed by atoms with Gasteiger partial charge in [-0.05, 0) is 51.1 Å². The molecule has 2 unspecified atom stereocenters. The van der Waals surface area contributed by atoms with Gasteiger partial charge in [-0.3, -0.25) is 9.80 Å². The minimum Gasteiger partial charge on any atom is -0.330 e. The number of hydrogen-bond donors (Lipinski definition) is 1. The molecule has 0 amide bonds. The molecule has 0 radical (unpaired) electrons. The average Bonchev–Trinajstić information content (AvgIpc) is 2.89. The molecule has 3 nitrogen and oxygen atoms in total. The molecule has 2 atom stereocenters. The Hall–Kier alpha value is -0.120. The third kappa shape index (κ3) is 2.84. The molecule has 0 aromatic rings. The van der Waals surface area contributed by atoms with E-state index in [9.17, 15) is 0 Å². The van der Waals surface area contributed by atoms with Gasteiger partial charge in [0.2, 0.25) is 0 Å². The van der Waals surface area contributed by atoms with Gasteiger partial charge in [0.1, 0.15) is 0 Å². The first kappa shape index (κ1) is 13.8. The van der Waals surface area contributed by atoms with Crippen LogP contribution in [-0.2, 0) is 0 Å². The minimum atomic E-state index is 0.450. The van der Waals surface area contributed by atoms with Gasteiger partial charge in [0.15, 0.2) is 0 Å². The molecular formula is C16H31N3. The number of hydrogen-bond acceptors (Lipinski definition) is 3. The first-order valence-electron chi connectivity index (χ1n) is 8.41. The molecule has 110 valence electrons. The van der Waals surface area contributed by atoms with E-state index in [1.54, 1.807) is 0 Å². The van der Waals surface area contributed by atoms with Gasteiger partial charge in [0, 0.05) is 31.7 Å². The Morgan fingerprint density at radius 1 is 1.11 bits per heavy atom. The van der Waals surface area contributed by atoms with Gasteiger partial charge in [-0.15, -0.1) is 0 Å². The van der Waals surface area contributed by atoms with Crippen LogP contribution in [0.25, 0.3) is 0 Å². The van der Waals surface area contributed by atoms with E-state index in [0.717, 1.165) is 18.6 Å². The number of nitrogens with zero attached hydrogens (tertiary/aromatic N) is 2. The van der Waals surface area contributed by atoms with Crippen molar-refractivity contribution in [3.8, 4) is 0 Å². The highest BCUT2D eigenvalue weighted by molar-refractivity contribution is 4.94. The second-order valence-corrected chi connectivity index (χ2v) is 7.33. The van der Waals surface area contributed by atoms with E-state index in [1.807, 2.05) is 0 Å². The lowest BCUT2D eigenvalue weighted by atomic mass is 9.84. The van der Waals surface area contributed by atoms with Gasteiger partial charge < -0.3 is 5.73 Å². The standard InChI is InChI=1S/C16H31N3/c1-14-10-18-9-5-2-6-15(18)11-19(14)13-16(12-17)7-3-4-8-16/h14-15H,2-13,17H2,1H3. The highest BCUT2D eigenvalue weighted by Crippen LogP contribution is 2.39. The van der Waals surface area contributed by atoms with Crippen LogP contribution >= 0.6 is 0 Å². The Labute approximate surface area is 118 Å². The smallest absolute Gasteiger partial charge is 0.0223 e. The second-order valence-electron chi connectivity index (χ2n) is 7.33. The maximum absolute atomic E-state index is 6.13. The molecule has 0 spiro atoms. The predicted octanol–water partition coefficient (Wildman–Crippen LogP) is 2.06. The molecule has 1 aliphatic carbocycles. The summed E-state index contributed by atoms with van der Waals surface area (Å²) in [6.45, 7) is 8.49. The van der Waals surface area contributed by atoms with Gasteiger partial charge in [0.05, 0.1) is 0 Å². The Morgan fingerprint density at radius 2 is 1.89 bits per heavy atom.